The van der Waals surface area contributed by atoms with Gasteiger partial charge in [0, 0.05) is 18.6 Å². The zero-order chi connectivity index (χ0) is 15.4. The first-order chi connectivity index (χ1) is 10.7. The minimum atomic E-state index is -0.705. The number of carboxylic acids is 1. The van der Waals surface area contributed by atoms with Gasteiger partial charge in [-0.3, -0.25) is 9.69 Å². The molecule has 3 nitrogen and oxygen atoms in total. The van der Waals surface area contributed by atoms with Crippen molar-refractivity contribution in [1.29, 1.82) is 0 Å². The highest BCUT2D eigenvalue weighted by molar-refractivity contribution is 5.69. The molecule has 0 amide bonds. The molecule has 1 aliphatic rings. The Balaban J connectivity index is 1.81. The summed E-state index contributed by atoms with van der Waals surface area (Å²) in [5.41, 5.74) is 2.29. The third-order valence-electron chi connectivity index (χ3n) is 4.41. The Bertz CT molecular complexity index is 579. The van der Waals surface area contributed by atoms with Gasteiger partial charge in [0.05, 0.1) is 6.42 Å². The third-order valence-corrected chi connectivity index (χ3v) is 4.41. The molecule has 0 bridgehead atoms. The smallest absolute Gasteiger partial charge is 0.305 e. The highest BCUT2D eigenvalue weighted by atomic mass is 16.4. The highest BCUT2D eigenvalue weighted by Gasteiger charge is 2.49. The molecule has 1 aliphatic carbocycles. The molecule has 2 aromatic carbocycles. The molecule has 3 rings (SSSR count). The lowest BCUT2D eigenvalue weighted by Gasteiger charge is -2.31. The number of hydrogen-bond acceptors (Lipinski definition) is 2. The normalized spacial score (nSPS) is 15.7. The summed E-state index contributed by atoms with van der Waals surface area (Å²) in [7, 11) is 0. The summed E-state index contributed by atoms with van der Waals surface area (Å²) in [5.74, 6) is -0.705. The molecule has 2 aromatic rings. The number of rotatable bonds is 7. The average Bonchev–Trinajstić information content (AvgIpc) is 3.29. The SMILES string of the molecule is O=C(O)CC1(N(Cc2ccccc2)Cc2ccccc2)CC1. The molecule has 0 aromatic heterocycles. The van der Waals surface area contributed by atoms with Crippen molar-refractivity contribution in [3.63, 3.8) is 0 Å². The van der Waals surface area contributed by atoms with Crippen molar-refractivity contribution in [3.8, 4) is 0 Å². The van der Waals surface area contributed by atoms with E-state index in [0.29, 0.717) is 0 Å². The molecule has 0 radical (unpaired) electrons. The fourth-order valence-corrected chi connectivity index (χ4v) is 3.03. The van der Waals surface area contributed by atoms with Gasteiger partial charge < -0.3 is 5.11 Å². The summed E-state index contributed by atoms with van der Waals surface area (Å²) >= 11 is 0. The Kier molecular flexibility index (Phi) is 4.25. The van der Waals surface area contributed by atoms with Gasteiger partial charge in [0.2, 0.25) is 0 Å². The molecule has 0 heterocycles. The van der Waals surface area contributed by atoms with Gasteiger partial charge in [-0.2, -0.15) is 0 Å². The number of nitrogens with zero attached hydrogens (tertiary/aromatic N) is 1. The Morgan fingerprint density at radius 2 is 1.36 bits per heavy atom. The molecule has 0 unspecified atom stereocenters. The molecule has 3 heteroatoms. The van der Waals surface area contributed by atoms with Crippen LogP contribution in [0.25, 0.3) is 0 Å². The van der Waals surface area contributed by atoms with Crippen LogP contribution in [0.2, 0.25) is 0 Å². The van der Waals surface area contributed by atoms with E-state index >= 15 is 0 Å². The quantitative estimate of drug-likeness (QED) is 0.847. The number of hydrogen-bond donors (Lipinski definition) is 1. The molecule has 1 N–H and O–H groups in total. The molecule has 0 atom stereocenters. The van der Waals surface area contributed by atoms with Gasteiger partial charge in [-0.1, -0.05) is 60.7 Å². The molecular formula is C19H21NO2. The van der Waals surface area contributed by atoms with Crippen molar-refractivity contribution >= 4 is 5.97 Å². The van der Waals surface area contributed by atoms with Crippen LogP contribution >= 0.6 is 0 Å². The van der Waals surface area contributed by atoms with E-state index in [4.69, 9.17) is 0 Å². The van der Waals surface area contributed by atoms with E-state index in [1.54, 1.807) is 0 Å². The summed E-state index contributed by atoms with van der Waals surface area (Å²) in [6, 6.07) is 20.6. The second-order valence-corrected chi connectivity index (χ2v) is 6.12. The molecule has 0 saturated heterocycles. The van der Waals surface area contributed by atoms with E-state index < -0.39 is 5.97 Å². The molecule has 0 aliphatic heterocycles. The summed E-state index contributed by atoms with van der Waals surface area (Å²) in [5, 5.41) is 9.24. The van der Waals surface area contributed by atoms with Crippen molar-refractivity contribution in [1.82, 2.24) is 4.90 Å². The Hall–Kier alpha value is -2.13. The summed E-state index contributed by atoms with van der Waals surface area (Å²) in [6.07, 6.45) is 2.17. The zero-order valence-electron chi connectivity index (χ0n) is 12.6. The first-order valence-corrected chi connectivity index (χ1v) is 7.73. The lowest BCUT2D eigenvalue weighted by Crippen LogP contribution is -2.38. The van der Waals surface area contributed by atoms with Crippen LogP contribution in [0.5, 0.6) is 0 Å². The van der Waals surface area contributed by atoms with Crippen molar-refractivity contribution in [3.05, 3.63) is 71.8 Å². The number of benzene rings is 2. The minimum Gasteiger partial charge on any atom is -0.481 e. The van der Waals surface area contributed by atoms with E-state index in [1.807, 2.05) is 36.4 Å². The molecular weight excluding hydrogens is 274 g/mol. The van der Waals surface area contributed by atoms with Crippen molar-refractivity contribution < 1.29 is 9.90 Å². The van der Waals surface area contributed by atoms with Gasteiger partial charge >= 0.3 is 5.97 Å². The second-order valence-electron chi connectivity index (χ2n) is 6.12. The highest BCUT2D eigenvalue weighted by Crippen LogP contribution is 2.46. The van der Waals surface area contributed by atoms with Gasteiger partial charge in [0.15, 0.2) is 0 Å². The van der Waals surface area contributed by atoms with Gasteiger partial charge in [0.25, 0.3) is 0 Å². The van der Waals surface area contributed by atoms with E-state index in [9.17, 15) is 9.90 Å². The number of aliphatic carboxylic acids is 1. The fourth-order valence-electron chi connectivity index (χ4n) is 3.03. The first-order valence-electron chi connectivity index (χ1n) is 7.73. The van der Waals surface area contributed by atoms with E-state index in [2.05, 4.69) is 29.2 Å². The van der Waals surface area contributed by atoms with Crippen LogP contribution in [-0.4, -0.2) is 21.5 Å². The van der Waals surface area contributed by atoms with Gasteiger partial charge in [0.1, 0.15) is 0 Å². The number of carboxylic acid groups (broad SMARTS) is 1. The number of carbonyl (C=O) groups is 1. The van der Waals surface area contributed by atoms with Crippen LogP contribution in [0.15, 0.2) is 60.7 Å². The molecule has 114 valence electrons. The predicted octanol–water partition coefficient (Wildman–Crippen LogP) is 3.70. The fraction of sp³-hybridized carbons (Fsp3) is 0.316. The molecule has 1 fully saturated rings. The van der Waals surface area contributed by atoms with Crippen molar-refractivity contribution in [2.75, 3.05) is 0 Å². The third kappa shape index (κ3) is 3.55. The van der Waals surface area contributed by atoms with Gasteiger partial charge in [-0.15, -0.1) is 0 Å². The first kappa shape index (κ1) is 14.8. The summed E-state index contributed by atoms with van der Waals surface area (Å²) in [6.45, 7) is 1.59. The van der Waals surface area contributed by atoms with Crippen LogP contribution in [-0.2, 0) is 17.9 Å². The van der Waals surface area contributed by atoms with Crippen LogP contribution in [0, 0.1) is 0 Å². The lowest BCUT2D eigenvalue weighted by atomic mass is 10.1. The van der Waals surface area contributed by atoms with E-state index in [1.165, 1.54) is 11.1 Å². The maximum atomic E-state index is 11.2. The lowest BCUT2D eigenvalue weighted by molar-refractivity contribution is -0.139. The molecule has 22 heavy (non-hydrogen) atoms. The largest absolute Gasteiger partial charge is 0.481 e. The van der Waals surface area contributed by atoms with Gasteiger partial charge in [-0.05, 0) is 24.0 Å². The monoisotopic (exact) mass is 295 g/mol. The van der Waals surface area contributed by atoms with Crippen LogP contribution in [0.4, 0.5) is 0 Å². The summed E-state index contributed by atoms with van der Waals surface area (Å²) < 4.78 is 0. The second kappa shape index (κ2) is 6.32. The van der Waals surface area contributed by atoms with Crippen LogP contribution in [0.3, 0.4) is 0 Å². The molecule has 0 spiro atoms. The van der Waals surface area contributed by atoms with Crippen molar-refractivity contribution in [2.24, 2.45) is 0 Å². The Morgan fingerprint density at radius 1 is 0.909 bits per heavy atom. The van der Waals surface area contributed by atoms with Crippen LogP contribution in [0.1, 0.15) is 30.4 Å². The standard InChI is InChI=1S/C19H21NO2/c21-18(22)13-19(11-12-19)20(14-16-7-3-1-4-8-16)15-17-9-5-2-6-10-17/h1-10H,11-15H2,(H,21,22). The minimum absolute atomic E-state index is 0.169. The van der Waals surface area contributed by atoms with E-state index in [0.717, 1.165) is 25.9 Å². The summed E-state index contributed by atoms with van der Waals surface area (Å²) in [4.78, 5) is 13.6. The topological polar surface area (TPSA) is 40.5 Å². The molecule has 1 saturated carbocycles. The maximum absolute atomic E-state index is 11.2. The van der Waals surface area contributed by atoms with Gasteiger partial charge in [-0.25, -0.2) is 0 Å². The zero-order valence-corrected chi connectivity index (χ0v) is 12.6. The average molecular weight is 295 g/mol. The van der Waals surface area contributed by atoms with Crippen LogP contribution < -0.4 is 0 Å². The van der Waals surface area contributed by atoms with Crippen molar-refractivity contribution in [2.45, 2.75) is 37.9 Å². The predicted molar refractivity (Wildman–Crippen MR) is 86.3 cm³/mol. The Labute approximate surface area is 131 Å². The van der Waals surface area contributed by atoms with E-state index in [-0.39, 0.29) is 12.0 Å². The Morgan fingerprint density at radius 3 is 1.73 bits per heavy atom. The maximum Gasteiger partial charge on any atom is 0.305 e.